The van der Waals surface area contributed by atoms with E-state index in [-0.39, 0.29) is 0 Å². The molecule has 0 aliphatic rings. The fourth-order valence-electron chi connectivity index (χ4n) is 1.07. The lowest BCUT2D eigenvalue weighted by Crippen LogP contribution is -2.10. The van der Waals surface area contributed by atoms with Crippen molar-refractivity contribution in [3.05, 3.63) is 29.8 Å². The Bertz CT molecular complexity index is 321. The maximum Gasteiger partial charge on any atom is 0.162 e. The Morgan fingerprint density at radius 2 is 1.88 bits per heavy atom. The SMILES string of the molecule is NCCCOCCOc1ccc(F)c(F)c1. The smallest absolute Gasteiger partial charge is 0.162 e. The minimum Gasteiger partial charge on any atom is -0.491 e. The number of rotatable bonds is 7. The van der Waals surface area contributed by atoms with Crippen LogP contribution < -0.4 is 10.5 Å². The normalized spacial score (nSPS) is 10.4. The van der Waals surface area contributed by atoms with E-state index < -0.39 is 11.6 Å². The Morgan fingerprint density at radius 1 is 1.06 bits per heavy atom. The Kier molecular flexibility index (Phi) is 5.74. The van der Waals surface area contributed by atoms with Gasteiger partial charge < -0.3 is 15.2 Å². The third-order valence-corrected chi connectivity index (χ3v) is 1.88. The van der Waals surface area contributed by atoms with E-state index in [1.807, 2.05) is 0 Å². The van der Waals surface area contributed by atoms with Crippen molar-refractivity contribution < 1.29 is 18.3 Å². The van der Waals surface area contributed by atoms with Gasteiger partial charge in [0.2, 0.25) is 0 Å². The molecule has 0 aromatic heterocycles. The van der Waals surface area contributed by atoms with Crippen LogP contribution in [0.1, 0.15) is 6.42 Å². The summed E-state index contributed by atoms with van der Waals surface area (Å²) in [6, 6.07) is 3.41. The highest BCUT2D eigenvalue weighted by Gasteiger charge is 2.02. The zero-order chi connectivity index (χ0) is 11.8. The Hall–Kier alpha value is -1.20. The van der Waals surface area contributed by atoms with Crippen LogP contribution in [0.15, 0.2) is 18.2 Å². The summed E-state index contributed by atoms with van der Waals surface area (Å²) < 4.78 is 35.7. The van der Waals surface area contributed by atoms with Gasteiger partial charge in [-0.25, -0.2) is 8.78 Å². The first-order valence-electron chi connectivity index (χ1n) is 5.09. The van der Waals surface area contributed by atoms with Crippen LogP contribution in [-0.4, -0.2) is 26.4 Å². The molecule has 0 atom stereocenters. The monoisotopic (exact) mass is 231 g/mol. The highest BCUT2D eigenvalue weighted by Crippen LogP contribution is 2.14. The molecule has 2 N–H and O–H groups in total. The van der Waals surface area contributed by atoms with Crippen molar-refractivity contribution in [2.75, 3.05) is 26.4 Å². The van der Waals surface area contributed by atoms with Crippen LogP contribution in [0.25, 0.3) is 0 Å². The van der Waals surface area contributed by atoms with Gasteiger partial charge in [0.15, 0.2) is 11.6 Å². The fourth-order valence-corrected chi connectivity index (χ4v) is 1.07. The lowest BCUT2D eigenvalue weighted by atomic mass is 10.3. The molecule has 0 radical (unpaired) electrons. The number of nitrogens with two attached hydrogens (primary N) is 1. The number of halogens is 2. The van der Waals surface area contributed by atoms with Gasteiger partial charge in [-0.05, 0) is 25.1 Å². The van der Waals surface area contributed by atoms with E-state index in [2.05, 4.69) is 0 Å². The molecular weight excluding hydrogens is 216 g/mol. The molecule has 0 aliphatic heterocycles. The third-order valence-electron chi connectivity index (χ3n) is 1.88. The minimum absolute atomic E-state index is 0.293. The third kappa shape index (κ3) is 4.55. The molecule has 0 fully saturated rings. The average Bonchev–Trinajstić information content (AvgIpc) is 2.28. The molecule has 1 aromatic carbocycles. The van der Waals surface area contributed by atoms with Crippen LogP contribution in [0.4, 0.5) is 8.78 Å². The quantitative estimate of drug-likeness (QED) is 0.726. The lowest BCUT2D eigenvalue weighted by molar-refractivity contribution is 0.0993. The van der Waals surface area contributed by atoms with E-state index in [4.69, 9.17) is 15.2 Å². The standard InChI is InChI=1S/C11H15F2NO2/c12-10-3-2-9(8-11(10)13)16-7-6-15-5-1-4-14/h2-3,8H,1,4-7,14H2. The molecule has 1 aromatic rings. The van der Waals surface area contributed by atoms with Crippen LogP contribution in [-0.2, 0) is 4.74 Å². The number of ether oxygens (including phenoxy) is 2. The van der Waals surface area contributed by atoms with Gasteiger partial charge >= 0.3 is 0 Å². The van der Waals surface area contributed by atoms with Gasteiger partial charge in [0, 0.05) is 12.7 Å². The summed E-state index contributed by atoms with van der Waals surface area (Å²) in [5.41, 5.74) is 5.28. The Labute approximate surface area is 93.2 Å². The highest BCUT2D eigenvalue weighted by molar-refractivity contribution is 5.23. The number of hydrogen-bond acceptors (Lipinski definition) is 3. The second-order valence-corrected chi connectivity index (χ2v) is 3.18. The van der Waals surface area contributed by atoms with Gasteiger partial charge in [-0.2, -0.15) is 0 Å². The maximum atomic E-state index is 12.8. The zero-order valence-electron chi connectivity index (χ0n) is 8.92. The van der Waals surface area contributed by atoms with E-state index >= 15 is 0 Å². The zero-order valence-corrected chi connectivity index (χ0v) is 8.92. The van der Waals surface area contributed by atoms with Crippen molar-refractivity contribution in [3.63, 3.8) is 0 Å². The molecule has 0 saturated carbocycles. The first-order valence-corrected chi connectivity index (χ1v) is 5.09. The van der Waals surface area contributed by atoms with Crippen molar-refractivity contribution >= 4 is 0 Å². The topological polar surface area (TPSA) is 44.5 Å². The van der Waals surface area contributed by atoms with Crippen molar-refractivity contribution in [3.8, 4) is 5.75 Å². The predicted octanol–water partition coefficient (Wildman–Crippen LogP) is 1.71. The Balaban J connectivity index is 2.19. The summed E-state index contributed by atoms with van der Waals surface area (Å²) in [5.74, 6) is -1.51. The van der Waals surface area contributed by atoms with Gasteiger partial charge in [0.05, 0.1) is 6.61 Å². The van der Waals surface area contributed by atoms with Crippen LogP contribution in [0.5, 0.6) is 5.75 Å². The average molecular weight is 231 g/mol. The number of hydrogen-bond donors (Lipinski definition) is 1. The van der Waals surface area contributed by atoms with E-state index in [0.717, 1.165) is 18.6 Å². The van der Waals surface area contributed by atoms with Crippen molar-refractivity contribution in [2.45, 2.75) is 6.42 Å². The van der Waals surface area contributed by atoms with Gasteiger partial charge in [-0.15, -0.1) is 0 Å². The molecule has 5 heteroatoms. The van der Waals surface area contributed by atoms with E-state index in [1.165, 1.54) is 6.07 Å². The molecule has 0 heterocycles. The van der Waals surface area contributed by atoms with Gasteiger partial charge in [-0.3, -0.25) is 0 Å². The molecule has 90 valence electrons. The molecule has 1 rings (SSSR count). The molecular formula is C11H15F2NO2. The van der Waals surface area contributed by atoms with Crippen LogP contribution >= 0.6 is 0 Å². The van der Waals surface area contributed by atoms with E-state index in [0.29, 0.717) is 32.1 Å². The van der Waals surface area contributed by atoms with Crippen molar-refractivity contribution in [1.82, 2.24) is 0 Å². The van der Waals surface area contributed by atoms with Gasteiger partial charge in [-0.1, -0.05) is 0 Å². The summed E-state index contributed by atoms with van der Waals surface area (Å²) >= 11 is 0. The van der Waals surface area contributed by atoms with Gasteiger partial charge in [0.25, 0.3) is 0 Å². The largest absolute Gasteiger partial charge is 0.491 e. The van der Waals surface area contributed by atoms with Crippen LogP contribution in [0.2, 0.25) is 0 Å². The molecule has 3 nitrogen and oxygen atoms in total. The van der Waals surface area contributed by atoms with Crippen LogP contribution in [0.3, 0.4) is 0 Å². The molecule has 0 amide bonds. The first-order chi connectivity index (χ1) is 7.74. The summed E-state index contributed by atoms with van der Waals surface area (Å²) in [6.07, 6.45) is 0.797. The lowest BCUT2D eigenvalue weighted by Gasteiger charge is -2.06. The maximum absolute atomic E-state index is 12.8. The molecule has 0 unspecified atom stereocenters. The molecule has 16 heavy (non-hydrogen) atoms. The highest BCUT2D eigenvalue weighted by atomic mass is 19.2. The van der Waals surface area contributed by atoms with Crippen molar-refractivity contribution in [1.29, 1.82) is 0 Å². The second-order valence-electron chi connectivity index (χ2n) is 3.18. The van der Waals surface area contributed by atoms with E-state index in [9.17, 15) is 8.78 Å². The summed E-state index contributed by atoms with van der Waals surface area (Å²) in [5, 5.41) is 0. The summed E-state index contributed by atoms with van der Waals surface area (Å²) in [6.45, 7) is 1.87. The fraction of sp³-hybridized carbons (Fsp3) is 0.455. The van der Waals surface area contributed by atoms with Crippen LogP contribution in [0, 0.1) is 11.6 Å². The summed E-state index contributed by atoms with van der Waals surface area (Å²) in [7, 11) is 0. The molecule has 0 aliphatic carbocycles. The molecule has 0 bridgehead atoms. The first kappa shape index (κ1) is 12.9. The molecule has 0 spiro atoms. The van der Waals surface area contributed by atoms with E-state index in [1.54, 1.807) is 0 Å². The molecule has 0 saturated heterocycles. The summed E-state index contributed by atoms with van der Waals surface area (Å²) in [4.78, 5) is 0. The second kappa shape index (κ2) is 7.14. The minimum atomic E-state index is -0.915. The number of benzene rings is 1. The predicted molar refractivity (Wildman–Crippen MR) is 56.3 cm³/mol. The Morgan fingerprint density at radius 3 is 2.56 bits per heavy atom. The van der Waals surface area contributed by atoms with Crippen molar-refractivity contribution in [2.24, 2.45) is 5.73 Å². The van der Waals surface area contributed by atoms with Gasteiger partial charge in [0.1, 0.15) is 12.4 Å².